The molecular formula is C5H8F4O. The van der Waals surface area contributed by atoms with Crippen LogP contribution in [-0.2, 0) is 4.74 Å². The summed E-state index contributed by atoms with van der Waals surface area (Å²) in [6.45, 7) is 0.965. The smallest absolute Gasteiger partial charge is 0.319 e. The number of alkyl halides is 4. The van der Waals surface area contributed by atoms with Crippen LogP contribution in [0.25, 0.3) is 0 Å². The molecule has 0 aromatic rings. The zero-order valence-electron chi connectivity index (χ0n) is 5.63. The number of rotatable bonds is 3. The summed E-state index contributed by atoms with van der Waals surface area (Å²) >= 11 is 0. The topological polar surface area (TPSA) is 9.23 Å². The van der Waals surface area contributed by atoms with Crippen molar-refractivity contribution in [3.8, 4) is 0 Å². The predicted octanol–water partition coefficient (Wildman–Crippen LogP) is 2.27. The van der Waals surface area contributed by atoms with E-state index in [1.165, 1.54) is 0 Å². The van der Waals surface area contributed by atoms with Crippen LogP contribution in [0.5, 0.6) is 0 Å². The van der Waals surface area contributed by atoms with Crippen molar-refractivity contribution in [1.82, 2.24) is 0 Å². The molecule has 0 bridgehead atoms. The van der Waals surface area contributed by atoms with Crippen molar-refractivity contribution < 1.29 is 22.3 Å². The molecular weight excluding hydrogens is 152 g/mol. The maximum Gasteiger partial charge on any atom is 0.419 e. The van der Waals surface area contributed by atoms with Crippen LogP contribution in [0.3, 0.4) is 0 Å². The number of methoxy groups -OCH3 is 1. The van der Waals surface area contributed by atoms with Crippen molar-refractivity contribution >= 4 is 0 Å². The summed E-state index contributed by atoms with van der Waals surface area (Å²) in [6, 6.07) is 0. The summed E-state index contributed by atoms with van der Waals surface area (Å²) in [5, 5.41) is 0. The fraction of sp³-hybridized carbons (Fsp3) is 1.00. The van der Waals surface area contributed by atoms with Crippen molar-refractivity contribution in [1.29, 1.82) is 0 Å². The van der Waals surface area contributed by atoms with Crippen LogP contribution < -0.4 is 0 Å². The Labute approximate surface area is 56.0 Å². The van der Waals surface area contributed by atoms with E-state index < -0.39 is 18.5 Å². The quantitative estimate of drug-likeness (QED) is 0.575. The average Bonchev–Trinajstić information content (AvgIpc) is 1.88. The molecule has 0 N–H and O–H groups in total. The maximum absolute atomic E-state index is 12.1. The van der Waals surface area contributed by atoms with Gasteiger partial charge in [-0.2, -0.15) is 17.6 Å². The molecule has 0 fully saturated rings. The molecule has 0 radical (unpaired) electrons. The fourth-order valence-corrected chi connectivity index (χ4v) is 0.355. The molecule has 0 heterocycles. The lowest BCUT2D eigenvalue weighted by Crippen LogP contribution is -2.41. The lowest BCUT2D eigenvalue weighted by Gasteiger charge is -2.22. The van der Waals surface area contributed by atoms with Crippen molar-refractivity contribution in [2.45, 2.75) is 25.4 Å². The van der Waals surface area contributed by atoms with Crippen LogP contribution in [0.1, 0.15) is 13.3 Å². The molecule has 0 saturated heterocycles. The second-order valence-corrected chi connectivity index (χ2v) is 1.78. The first kappa shape index (κ1) is 9.68. The summed E-state index contributed by atoms with van der Waals surface area (Å²) in [6.07, 6.45) is -5.28. The third kappa shape index (κ3) is 1.59. The van der Waals surface area contributed by atoms with Gasteiger partial charge in [-0.05, 0) is 0 Å². The van der Waals surface area contributed by atoms with Gasteiger partial charge in [-0.15, -0.1) is 0 Å². The third-order valence-electron chi connectivity index (χ3n) is 1.13. The van der Waals surface area contributed by atoms with Crippen LogP contribution in [0.15, 0.2) is 0 Å². The van der Waals surface area contributed by atoms with Crippen LogP contribution in [0.2, 0.25) is 0 Å². The molecule has 0 spiro atoms. The molecule has 0 rings (SSSR count). The number of hydrogen-bond donors (Lipinski definition) is 0. The van der Waals surface area contributed by atoms with Gasteiger partial charge < -0.3 is 4.74 Å². The number of hydrogen-bond acceptors (Lipinski definition) is 1. The Balaban J connectivity index is 4.28. The van der Waals surface area contributed by atoms with Crippen LogP contribution in [-0.4, -0.2) is 19.1 Å². The summed E-state index contributed by atoms with van der Waals surface area (Å²) in [5.41, 5.74) is 0. The highest BCUT2D eigenvalue weighted by Gasteiger charge is 2.55. The van der Waals surface area contributed by atoms with E-state index in [2.05, 4.69) is 4.74 Å². The van der Waals surface area contributed by atoms with E-state index in [0.29, 0.717) is 7.11 Å². The van der Waals surface area contributed by atoms with Crippen molar-refractivity contribution in [2.75, 3.05) is 7.11 Å². The highest BCUT2D eigenvalue weighted by atomic mass is 19.3. The van der Waals surface area contributed by atoms with E-state index >= 15 is 0 Å². The molecule has 0 aromatic heterocycles. The lowest BCUT2D eigenvalue weighted by atomic mass is 10.2. The van der Waals surface area contributed by atoms with Gasteiger partial charge >= 0.3 is 12.0 Å². The van der Waals surface area contributed by atoms with E-state index in [-0.39, 0.29) is 0 Å². The van der Waals surface area contributed by atoms with E-state index in [1.54, 1.807) is 0 Å². The van der Waals surface area contributed by atoms with E-state index in [1.807, 2.05) is 0 Å². The Morgan fingerprint density at radius 3 is 1.70 bits per heavy atom. The number of halogens is 4. The molecule has 0 aromatic carbocycles. The van der Waals surface area contributed by atoms with Crippen molar-refractivity contribution in [3.05, 3.63) is 0 Å². The normalized spacial score (nSPS) is 13.8. The van der Waals surface area contributed by atoms with Crippen molar-refractivity contribution in [2.24, 2.45) is 0 Å². The van der Waals surface area contributed by atoms with Gasteiger partial charge in [-0.3, -0.25) is 0 Å². The van der Waals surface area contributed by atoms with Crippen molar-refractivity contribution in [3.63, 3.8) is 0 Å². The maximum atomic E-state index is 12.1. The summed E-state index contributed by atoms with van der Waals surface area (Å²) in [4.78, 5) is 0. The predicted molar refractivity (Wildman–Crippen MR) is 27.2 cm³/mol. The lowest BCUT2D eigenvalue weighted by molar-refractivity contribution is -0.337. The highest BCUT2D eigenvalue weighted by molar-refractivity contribution is 4.73. The van der Waals surface area contributed by atoms with E-state index in [9.17, 15) is 17.6 Å². The van der Waals surface area contributed by atoms with Gasteiger partial charge in [-0.1, -0.05) is 6.92 Å². The standard InChI is InChI=1S/C5H8F4O/c1-3-4(6,7)5(8,9)10-2/h3H2,1-2H3. The Kier molecular flexibility index (Phi) is 2.65. The second-order valence-electron chi connectivity index (χ2n) is 1.78. The van der Waals surface area contributed by atoms with E-state index in [4.69, 9.17) is 0 Å². The Bertz CT molecular complexity index is 98.2. The van der Waals surface area contributed by atoms with Gasteiger partial charge in [0, 0.05) is 13.5 Å². The monoisotopic (exact) mass is 160 g/mol. The van der Waals surface area contributed by atoms with Gasteiger partial charge in [0.25, 0.3) is 0 Å². The molecule has 0 saturated carbocycles. The molecule has 1 nitrogen and oxygen atoms in total. The molecule has 0 aliphatic heterocycles. The molecule has 62 valence electrons. The zero-order valence-corrected chi connectivity index (χ0v) is 5.63. The Morgan fingerprint density at radius 1 is 1.20 bits per heavy atom. The largest absolute Gasteiger partial charge is 0.419 e. The van der Waals surface area contributed by atoms with Gasteiger partial charge in [-0.25, -0.2) is 0 Å². The second kappa shape index (κ2) is 2.74. The molecule has 0 amide bonds. The minimum absolute atomic E-state index is 0.545. The molecule has 0 unspecified atom stereocenters. The molecule has 10 heavy (non-hydrogen) atoms. The molecule has 0 atom stereocenters. The first-order chi connectivity index (χ1) is 4.37. The molecule has 0 aliphatic rings. The first-order valence-electron chi connectivity index (χ1n) is 2.68. The molecule has 0 aliphatic carbocycles. The number of ether oxygens (including phenoxy) is 1. The minimum Gasteiger partial charge on any atom is -0.319 e. The van der Waals surface area contributed by atoms with Crippen LogP contribution >= 0.6 is 0 Å². The minimum atomic E-state index is -4.35. The van der Waals surface area contributed by atoms with Gasteiger partial charge in [0.2, 0.25) is 0 Å². The Hall–Kier alpha value is -0.320. The zero-order chi connectivity index (χ0) is 8.41. The van der Waals surface area contributed by atoms with Crippen LogP contribution in [0, 0.1) is 0 Å². The third-order valence-corrected chi connectivity index (χ3v) is 1.13. The summed E-state index contributed by atoms with van der Waals surface area (Å²) in [5.74, 6) is -4.07. The highest BCUT2D eigenvalue weighted by Crippen LogP contribution is 2.36. The summed E-state index contributed by atoms with van der Waals surface area (Å²) in [7, 11) is 0.545. The Morgan fingerprint density at radius 2 is 1.60 bits per heavy atom. The van der Waals surface area contributed by atoms with E-state index in [0.717, 1.165) is 6.92 Å². The fourth-order valence-electron chi connectivity index (χ4n) is 0.355. The molecule has 5 heteroatoms. The SMILES string of the molecule is CCC(F)(F)C(F)(F)OC. The van der Waals surface area contributed by atoms with Gasteiger partial charge in [0.15, 0.2) is 0 Å². The average molecular weight is 160 g/mol. The first-order valence-corrected chi connectivity index (χ1v) is 2.68. The van der Waals surface area contributed by atoms with Gasteiger partial charge in [0.1, 0.15) is 0 Å². The summed E-state index contributed by atoms with van der Waals surface area (Å²) < 4.78 is 51.3. The van der Waals surface area contributed by atoms with Gasteiger partial charge in [0.05, 0.1) is 0 Å². The van der Waals surface area contributed by atoms with Crippen LogP contribution in [0.4, 0.5) is 17.6 Å².